The van der Waals surface area contributed by atoms with Gasteiger partial charge >= 0.3 is 0 Å². The molecule has 0 radical (unpaired) electrons. The lowest BCUT2D eigenvalue weighted by atomic mass is 9.83. The van der Waals surface area contributed by atoms with Crippen LogP contribution >= 0.6 is 45.3 Å². The van der Waals surface area contributed by atoms with Gasteiger partial charge in [-0.15, -0.1) is 45.3 Å². The van der Waals surface area contributed by atoms with Gasteiger partial charge in [-0.1, -0.05) is 92.7 Å². The van der Waals surface area contributed by atoms with Gasteiger partial charge in [0.1, 0.15) is 0 Å². The summed E-state index contributed by atoms with van der Waals surface area (Å²) in [7, 11) is 0. The molecule has 0 bridgehead atoms. The van der Waals surface area contributed by atoms with Crippen molar-refractivity contribution in [3.8, 4) is 0 Å². The van der Waals surface area contributed by atoms with E-state index >= 15 is 0 Å². The third-order valence-corrected chi connectivity index (χ3v) is 19.0. The summed E-state index contributed by atoms with van der Waals surface area (Å²) in [4.78, 5) is 3.97. The molecule has 312 valence electrons. The molecule has 66 heavy (non-hydrogen) atoms. The summed E-state index contributed by atoms with van der Waals surface area (Å²) in [5.74, 6) is 0.778. The summed E-state index contributed by atoms with van der Waals surface area (Å²) in [5, 5.41) is 17.3. The van der Waals surface area contributed by atoms with E-state index in [2.05, 4.69) is 195 Å². The van der Waals surface area contributed by atoms with Crippen molar-refractivity contribution >= 4 is 166 Å². The normalized spacial score (nSPS) is 15.2. The predicted octanol–water partition coefficient (Wildman–Crippen LogP) is 19.4. The molecule has 9 aromatic carbocycles. The van der Waals surface area contributed by atoms with E-state index in [1.54, 1.807) is 0 Å². The van der Waals surface area contributed by atoms with Crippen molar-refractivity contribution in [2.45, 2.75) is 26.2 Å². The van der Waals surface area contributed by atoms with Crippen LogP contribution in [-0.2, 0) is 6.42 Å². The molecule has 4 aromatic heterocycles. The fourth-order valence-electron chi connectivity index (χ4n) is 11.0. The summed E-state index contributed by atoms with van der Waals surface area (Å²) in [6.45, 7) is 4.55. The molecular formula is C61H39NS4. The molecule has 5 heteroatoms. The molecule has 13 aromatic rings. The number of fused-ring (bicyclic) bond motifs is 16. The van der Waals surface area contributed by atoms with Crippen molar-refractivity contribution in [3.63, 3.8) is 0 Å². The largest absolute Gasteiger partial charge is 0.311 e. The van der Waals surface area contributed by atoms with E-state index in [0.717, 1.165) is 6.42 Å². The molecule has 0 saturated heterocycles. The number of benzene rings is 9. The van der Waals surface area contributed by atoms with Crippen molar-refractivity contribution in [2.24, 2.45) is 5.92 Å². The van der Waals surface area contributed by atoms with Crippen LogP contribution in [0.2, 0.25) is 0 Å². The van der Waals surface area contributed by atoms with Crippen LogP contribution in [0.1, 0.15) is 35.8 Å². The minimum absolute atomic E-state index is 0.306. The van der Waals surface area contributed by atoms with Gasteiger partial charge in [0.2, 0.25) is 0 Å². The average molecular weight is 914 g/mol. The van der Waals surface area contributed by atoms with Crippen molar-refractivity contribution in [1.82, 2.24) is 0 Å². The first-order valence-corrected chi connectivity index (χ1v) is 26.2. The van der Waals surface area contributed by atoms with Gasteiger partial charge in [-0.3, -0.25) is 0 Å². The summed E-state index contributed by atoms with van der Waals surface area (Å²) < 4.78 is 9.54. The van der Waals surface area contributed by atoms with Crippen LogP contribution in [0.5, 0.6) is 0 Å². The Morgan fingerprint density at radius 3 is 1.48 bits per heavy atom. The Hall–Kier alpha value is -6.60. The molecule has 2 aliphatic rings. The van der Waals surface area contributed by atoms with Crippen LogP contribution in [0.25, 0.3) is 109 Å². The number of thiophene rings is 4. The molecule has 0 fully saturated rings. The minimum Gasteiger partial charge on any atom is -0.311 e. The molecule has 0 spiro atoms. The van der Waals surface area contributed by atoms with Gasteiger partial charge < -0.3 is 4.90 Å². The van der Waals surface area contributed by atoms with Crippen LogP contribution in [0.15, 0.2) is 181 Å². The molecule has 4 heterocycles. The molecule has 2 aliphatic carbocycles. The van der Waals surface area contributed by atoms with Crippen molar-refractivity contribution < 1.29 is 0 Å². The number of hydrogen-bond donors (Lipinski definition) is 0. The Morgan fingerprint density at radius 1 is 0.439 bits per heavy atom. The highest BCUT2D eigenvalue weighted by molar-refractivity contribution is 7.28. The number of rotatable bonds is 4. The molecule has 1 nitrogen and oxygen atoms in total. The van der Waals surface area contributed by atoms with E-state index in [9.17, 15) is 0 Å². The van der Waals surface area contributed by atoms with Crippen LogP contribution in [0.4, 0.5) is 11.4 Å². The lowest BCUT2D eigenvalue weighted by Crippen LogP contribution is -2.20. The molecule has 1 atom stereocenters. The van der Waals surface area contributed by atoms with Crippen molar-refractivity contribution in [3.05, 3.63) is 197 Å². The topological polar surface area (TPSA) is 3.24 Å². The first kappa shape index (κ1) is 37.6. The third-order valence-electron chi connectivity index (χ3n) is 14.4. The zero-order valence-electron chi connectivity index (χ0n) is 36.2. The first-order valence-electron chi connectivity index (χ1n) is 22.9. The maximum atomic E-state index is 2.53. The monoisotopic (exact) mass is 913 g/mol. The van der Waals surface area contributed by atoms with E-state index in [1.807, 2.05) is 45.3 Å². The summed E-state index contributed by atoms with van der Waals surface area (Å²) in [5.41, 5.74) is 7.76. The second kappa shape index (κ2) is 14.0. The predicted molar refractivity (Wildman–Crippen MR) is 295 cm³/mol. The highest BCUT2D eigenvalue weighted by atomic mass is 32.1. The van der Waals surface area contributed by atoms with Crippen LogP contribution in [0, 0.1) is 5.92 Å². The van der Waals surface area contributed by atoms with Gasteiger partial charge in [-0.05, 0) is 158 Å². The fraction of sp³-hybridized carbons (Fsp3) is 0.0820. The Balaban J connectivity index is 0.816. The summed E-state index contributed by atoms with van der Waals surface area (Å²) in [6.07, 6.45) is 10.8. The number of hydrogen-bond acceptors (Lipinski definition) is 5. The smallest absolute Gasteiger partial charge is 0.0467 e. The Labute approximate surface area is 397 Å². The quantitative estimate of drug-likeness (QED) is 0.170. The Bertz CT molecular complexity index is 4350. The molecule has 1 unspecified atom stereocenters. The Morgan fingerprint density at radius 2 is 0.909 bits per heavy atom. The van der Waals surface area contributed by atoms with Gasteiger partial charge in [0.05, 0.1) is 0 Å². The maximum Gasteiger partial charge on any atom is 0.0467 e. The zero-order chi connectivity index (χ0) is 43.4. The second-order valence-corrected chi connectivity index (χ2v) is 23.1. The molecule has 15 rings (SSSR count). The number of allylic oxidation sites excluding steroid dienone is 4. The number of anilines is 2. The Kier molecular flexibility index (Phi) is 7.95. The van der Waals surface area contributed by atoms with E-state index in [4.69, 9.17) is 0 Å². The minimum atomic E-state index is 0.306. The van der Waals surface area contributed by atoms with E-state index in [0.29, 0.717) is 11.8 Å². The summed E-state index contributed by atoms with van der Waals surface area (Å²) in [6, 6.07) is 58.0. The summed E-state index contributed by atoms with van der Waals surface area (Å²) >= 11 is 7.76. The van der Waals surface area contributed by atoms with Crippen LogP contribution in [-0.4, -0.2) is 0 Å². The van der Waals surface area contributed by atoms with Crippen molar-refractivity contribution in [2.75, 3.05) is 4.90 Å². The lowest BCUT2D eigenvalue weighted by molar-refractivity contribution is 0.761. The van der Waals surface area contributed by atoms with Crippen LogP contribution < -0.4 is 4.90 Å². The van der Waals surface area contributed by atoms with Gasteiger partial charge in [0.25, 0.3) is 0 Å². The first-order chi connectivity index (χ1) is 32.4. The molecule has 0 saturated carbocycles. The van der Waals surface area contributed by atoms with E-state index < -0.39 is 0 Å². The highest BCUT2D eigenvalue weighted by Crippen LogP contribution is 2.48. The molecule has 0 N–H and O–H groups in total. The van der Waals surface area contributed by atoms with Gasteiger partial charge in [-0.2, -0.15) is 0 Å². The fourth-order valence-corrected chi connectivity index (χ4v) is 15.7. The number of nitrogens with zero attached hydrogens (tertiary/aromatic N) is 1. The second-order valence-electron chi connectivity index (χ2n) is 18.7. The van der Waals surface area contributed by atoms with Crippen LogP contribution in [0.3, 0.4) is 0 Å². The average Bonchev–Trinajstić information content (AvgIpc) is 4.08. The zero-order valence-corrected chi connectivity index (χ0v) is 39.5. The van der Waals surface area contributed by atoms with Gasteiger partial charge in [-0.25, -0.2) is 0 Å². The van der Waals surface area contributed by atoms with Gasteiger partial charge in [0, 0.05) is 98.5 Å². The molecule has 0 aliphatic heterocycles. The van der Waals surface area contributed by atoms with Crippen molar-refractivity contribution in [1.29, 1.82) is 0 Å². The highest BCUT2D eigenvalue weighted by Gasteiger charge is 2.27. The van der Waals surface area contributed by atoms with E-state index in [1.165, 1.54) is 142 Å². The standard InChI is InChI=1S/C61H39NS4/c1-33(2)34-11-15-43(16-12-34)62(44-17-13-39-23-48-52-31-58-50(29-60(52)65-56(48)27-41(39)19-44)46-21-35-7-3-5-9-37(35)25-54(46)63-58)45-18-14-40-24-49-53-32-59-51(30-61(53)66-57(49)28-42(40)20-45)47-22-36-8-4-6-10-38(36)26-55(47)64-59/h3-27,29-33,42H,28H2,1-2H3. The third kappa shape index (κ3) is 5.67. The van der Waals surface area contributed by atoms with Gasteiger partial charge in [0.15, 0.2) is 0 Å². The lowest BCUT2D eigenvalue weighted by Gasteiger charge is -2.31. The molecule has 0 amide bonds. The SMILES string of the molecule is CC(C)c1ccc(N(C2=CC3Cc4sc5cc6c(cc5c4C=C3C=C2)sc2cc3ccccc3cc26)c2ccc3cc4c(cc3c2)sc2cc3c(cc24)sc2cc4ccccc4cc23)cc1. The van der Waals surface area contributed by atoms with E-state index in [-0.39, 0.29) is 0 Å². The molecular weight excluding hydrogens is 875 g/mol. The maximum absolute atomic E-state index is 2.53.